The van der Waals surface area contributed by atoms with Crippen LogP contribution in [-0.4, -0.2) is 58.0 Å². The summed E-state index contributed by atoms with van der Waals surface area (Å²) in [5.41, 5.74) is 3.93. The Morgan fingerprint density at radius 2 is 1.97 bits per heavy atom. The van der Waals surface area contributed by atoms with Crippen molar-refractivity contribution < 1.29 is 19.0 Å². The Labute approximate surface area is 207 Å². The van der Waals surface area contributed by atoms with Crippen molar-refractivity contribution in [3.05, 3.63) is 53.6 Å². The second-order valence-corrected chi connectivity index (χ2v) is 9.77. The maximum absolute atomic E-state index is 13.3. The average molecular weight is 491 g/mol. The summed E-state index contributed by atoms with van der Waals surface area (Å²) in [6.07, 6.45) is 1.92. The van der Waals surface area contributed by atoms with Gasteiger partial charge in [0, 0.05) is 18.0 Å². The number of aryl methyl sites for hydroxylation is 1. The van der Waals surface area contributed by atoms with Gasteiger partial charge in [-0.05, 0) is 61.2 Å². The second-order valence-electron chi connectivity index (χ2n) is 8.82. The van der Waals surface area contributed by atoms with E-state index in [-0.39, 0.29) is 11.9 Å². The largest absolute Gasteiger partial charge is 0.497 e. The number of pyridine rings is 1. The van der Waals surface area contributed by atoms with E-state index in [0.717, 1.165) is 64.3 Å². The lowest BCUT2D eigenvalue weighted by Gasteiger charge is -2.26. The van der Waals surface area contributed by atoms with Crippen molar-refractivity contribution in [2.75, 3.05) is 32.6 Å². The first kappa shape index (κ1) is 22.0. The Hall–Kier alpha value is -3.46. The van der Waals surface area contributed by atoms with Crippen LogP contribution in [0.2, 0.25) is 0 Å². The Morgan fingerprint density at radius 3 is 2.83 bits per heavy atom. The summed E-state index contributed by atoms with van der Waals surface area (Å²) in [5.74, 6) is 2.68. The Bertz CT molecular complexity index is 1440. The van der Waals surface area contributed by atoms with E-state index in [9.17, 15) is 4.79 Å². The Balaban J connectivity index is 1.24. The number of fused-ring (bicyclic) bond motifs is 4. The van der Waals surface area contributed by atoms with E-state index in [1.165, 1.54) is 11.8 Å². The molecule has 6 rings (SSSR count). The number of nitrogens with zero attached hydrogens (tertiary/aromatic N) is 4. The molecular formula is C26H26N4O4S. The van der Waals surface area contributed by atoms with Gasteiger partial charge in [0.25, 0.3) is 0 Å². The van der Waals surface area contributed by atoms with Crippen molar-refractivity contribution >= 4 is 34.2 Å². The highest BCUT2D eigenvalue weighted by Gasteiger charge is 2.31. The van der Waals surface area contributed by atoms with Crippen LogP contribution < -0.4 is 14.2 Å². The van der Waals surface area contributed by atoms with Crippen LogP contribution in [0.3, 0.4) is 0 Å². The number of likely N-dealkylation sites (tertiary alicyclic amines) is 1. The molecule has 1 fully saturated rings. The minimum Gasteiger partial charge on any atom is -0.497 e. The first-order chi connectivity index (χ1) is 17.1. The van der Waals surface area contributed by atoms with Gasteiger partial charge >= 0.3 is 0 Å². The van der Waals surface area contributed by atoms with E-state index in [1.54, 1.807) is 7.11 Å². The van der Waals surface area contributed by atoms with Crippen LogP contribution in [0.5, 0.6) is 17.2 Å². The van der Waals surface area contributed by atoms with Gasteiger partial charge in [-0.25, -0.2) is 0 Å². The van der Waals surface area contributed by atoms with Crippen LogP contribution in [0.1, 0.15) is 30.0 Å². The molecule has 2 aliphatic heterocycles. The smallest absolute Gasteiger partial charge is 0.233 e. The second kappa shape index (κ2) is 8.96. The summed E-state index contributed by atoms with van der Waals surface area (Å²) < 4.78 is 18.9. The predicted molar refractivity (Wildman–Crippen MR) is 134 cm³/mol. The molecule has 180 valence electrons. The fraction of sp³-hybridized carbons (Fsp3) is 0.346. The molecule has 1 saturated heterocycles. The van der Waals surface area contributed by atoms with E-state index in [1.807, 2.05) is 51.8 Å². The average Bonchev–Trinajstić information content (AvgIpc) is 3.54. The zero-order chi connectivity index (χ0) is 23.9. The SMILES string of the molecule is COc1ccc2c(C)cc3nnc(SCC(=O)N4CCC[C@H]4c4ccc5c(c4)OCCO5)n3c2c1. The van der Waals surface area contributed by atoms with Gasteiger partial charge in [0.1, 0.15) is 19.0 Å². The molecule has 0 radical (unpaired) electrons. The lowest BCUT2D eigenvalue weighted by atomic mass is 10.0. The van der Waals surface area contributed by atoms with Gasteiger partial charge in [-0.2, -0.15) is 0 Å². The Kier molecular flexibility index (Phi) is 5.64. The van der Waals surface area contributed by atoms with Gasteiger partial charge in [-0.15, -0.1) is 10.2 Å². The minimum absolute atomic E-state index is 0.0433. The topological polar surface area (TPSA) is 78.2 Å². The van der Waals surface area contributed by atoms with Crippen molar-refractivity contribution in [1.29, 1.82) is 0 Å². The fourth-order valence-corrected chi connectivity index (χ4v) is 5.85. The van der Waals surface area contributed by atoms with Crippen LogP contribution in [-0.2, 0) is 4.79 Å². The standard InChI is InChI=1S/C26H26N4O4S/c1-16-12-24-27-28-26(30(24)21-14-18(32-2)6-7-19(16)21)35-15-25(31)29-9-3-4-20(29)17-5-8-22-23(13-17)34-11-10-33-22/h5-8,12-14,20H,3-4,9-11,15H2,1-2H3/t20-/m0/s1. The molecule has 2 aromatic carbocycles. The molecule has 35 heavy (non-hydrogen) atoms. The lowest BCUT2D eigenvalue weighted by molar-refractivity contribution is -0.129. The third-order valence-corrected chi connectivity index (χ3v) is 7.64. The number of hydrogen-bond acceptors (Lipinski definition) is 7. The molecule has 4 heterocycles. The normalized spacial score (nSPS) is 17.3. The summed E-state index contributed by atoms with van der Waals surface area (Å²) in [6.45, 7) is 3.92. The summed E-state index contributed by atoms with van der Waals surface area (Å²) in [4.78, 5) is 15.3. The lowest BCUT2D eigenvalue weighted by Crippen LogP contribution is -2.32. The number of amides is 1. The van der Waals surface area contributed by atoms with E-state index in [4.69, 9.17) is 14.2 Å². The van der Waals surface area contributed by atoms with Crippen molar-refractivity contribution in [2.24, 2.45) is 0 Å². The minimum atomic E-state index is 0.0433. The maximum atomic E-state index is 13.3. The predicted octanol–water partition coefficient (Wildman–Crippen LogP) is 4.43. The van der Waals surface area contributed by atoms with Gasteiger partial charge in [0.05, 0.1) is 24.4 Å². The molecule has 2 aliphatic rings. The highest BCUT2D eigenvalue weighted by molar-refractivity contribution is 7.99. The fourth-order valence-electron chi connectivity index (χ4n) is 5.01. The monoisotopic (exact) mass is 490 g/mol. The van der Waals surface area contributed by atoms with Gasteiger partial charge < -0.3 is 19.1 Å². The summed E-state index contributed by atoms with van der Waals surface area (Å²) in [7, 11) is 1.66. The zero-order valence-electron chi connectivity index (χ0n) is 19.7. The molecule has 8 nitrogen and oxygen atoms in total. The van der Waals surface area contributed by atoms with Crippen LogP contribution in [0.4, 0.5) is 0 Å². The number of hydrogen-bond donors (Lipinski definition) is 0. The molecular weight excluding hydrogens is 464 g/mol. The van der Waals surface area contributed by atoms with Gasteiger partial charge in [0.15, 0.2) is 22.3 Å². The van der Waals surface area contributed by atoms with Crippen molar-refractivity contribution in [2.45, 2.75) is 31.0 Å². The number of aromatic nitrogens is 3. The van der Waals surface area contributed by atoms with Crippen LogP contribution in [0.25, 0.3) is 16.6 Å². The first-order valence-electron chi connectivity index (χ1n) is 11.8. The molecule has 4 aromatic rings. The number of carbonyl (C=O) groups excluding carboxylic acids is 1. The number of ether oxygens (including phenoxy) is 3. The zero-order valence-corrected chi connectivity index (χ0v) is 20.5. The van der Waals surface area contributed by atoms with Crippen molar-refractivity contribution in [3.63, 3.8) is 0 Å². The molecule has 0 aliphatic carbocycles. The van der Waals surface area contributed by atoms with Gasteiger partial charge in [-0.1, -0.05) is 17.8 Å². The molecule has 0 bridgehead atoms. The molecule has 0 N–H and O–H groups in total. The summed E-state index contributed by atoms with van der Waals surface area (Å²) in [5, 5.41) is 10.6. The quantitative estimate of drug-likeness (QED) is 0.383. The van der Waals surface area contributed by atoms with E-state index >= 15 is 0 Å². The number of methoxy groups -OCH3 is 1. The molecule has 9 heteroatoms. The highest BCUT2D eigenvalue weighted by atomic mass is 32.2. The van der Waals surface area contributed by atoms with Gasteiger partial charge in [0.2, 0.25) is 5.91 Å². The molecule has 0 saturated carbocycles. The van der Waals surface area contributed by atoms with Gasteiger partial charge in [-0.3, -0.25) is 9.20 Å². The number of rotatable bonds is 5. The molecule has 0 unspecified atom stereocenters. The van der Waals surface area contributed by atoms with E-state index in [2.05, 4.69) is 17.1 Å². The first-order valence-corrected chi connectivity index (χ1v) is 12.8. The van der Waals surface area contributed by atoms with Crippen molar-refractivity contribution in [1.82, 2.24) is 19.5 Å². The summed E-state index contributed by atoms with van der Waals surface area (Å²) >= 11 is 1.42. The van der Waals surface area contributed by atoms with Crippen LogP contribution in [0.15, 0.2) is 47.6 Å². The van der Waals surface area contributed by atoms with Crippen LogP contribution >= 0.6 is 11.8 Å². The molecule has 1 atom stereocenters. The summed E-state index contributed by atoms with van der Waals surface area (Å²) in [6, 6.07) is 14.1. The molecule has 1 amide bonds. The Morgan fingerprint density at radius 1 is 1.11 bits per heavy atom. The van der Waals surface area contributed by atoms with Crippen molar-refractivity contribution in [3.8, 4) is 17.2 Å². The molecule has 0 spiro atoms. The number of thioether (sulfide) groups is 1. The molecule has 2 aromatic heterocycles. The maximum Gasteiger partial charge on any atom is 0.233 e. The van der Waals surface area contributed by atoms with E-state index < -0.39 is 0 Å². The third-order valence-electron chi connectivity index (χ3n) is 6.72. The highest BCUT2D eigenvalue weighted by Crippen LogP contribution is 2.38. The number of benzene rings is 2. The third kappa shape index (κ3) is 3.93. The van der Waals surface area contributed by atoms with E-state index in [0.29, 0.717) is 24.1 Å². The van der Waals surface area contributed by atoms with Crippen LogP contribution in [0, 0.1) is 6.92 Å². The number of carbonyl (C=O) groups is 1.